The maximum absolute atomic E-state index is 12.9. The van der Waals surface area contributed by atoms with Crippen LogP contribution in [0.2, 0.25) is 0 Å². The first kappa shape index (κ1) is 15.6. The number of halogens is 1. The van der Waals surface area contributed by atoms with Gasteiger partial charge in [-0.15, -0.1) is 0 Å². The quantitative estimate of drug-likeness (QED) is 0.850. The van der Waals surface area contributed by atoms with Crippen molar-refractivity contribution in [1.82, 2.24) is 20.4 Å². The molecule has 0 bridgehead atoms. The molecule has 0 fully saturated rings. The van der Waals surface area contributed by atoms with E-state index in [-0.39, 0.29) is 5.82 Å². The van der Waals surface area contributed by atoms with Gasteiger partial charge in [0, 0.05) is 12.5 Å². The van der Waals surface area contributed by atoms with Crippen molar-refractivity contribution in [3.05, 3.63) is 30.0 Å². The molecule has 1 atom stereocenters. The van der Waals surface area contributed by atoms with Gasteiger partial charge in [-0.1, -0.05) is 25.9 Å². The molecule has 0 amide bonds. The highest BCUT2D eigenvalue weighted by atomic mass is 19.1. The summed E-state index contributed by atoms with van der Waals surface area (Å²) in [4.78, 5) is 8.29. The molecule has 21 heavy (non-hydrogen) atoms. The lowest BCUT2D eigenvalue weighted by atomic mass is 10.0. The fourth-order valence-corrected chi connectivity index (χ4v) is 2.01. The van der Waals surface area contributed by atoms with Crippen molar-refractivity contribution >= 4 is 0 Å². The van der Waals surface area contributed by atoms with E-state index in [1.165, 1.54) is 6.07 Å². The first-order valence-corrected chi connectivity index (χ1v) is 7.28. The largest absolute Gasteiger partial charge is 0.339 e. The Morgan fingerprint density at radius 1 is 1.33 bits per heavy atom. The zero-order valence-corrected chi connectivity index (χ0v) is 12.6. The predicted octanol–water partition coefficient (Wildman–Crippen LogP) is 2.84. The summed E-state index contributed by atoms with van der Waals surface area (Å²) in [7, 11) is 0. The fraction of sp³-hybridized carbons (Fsp3) is 0.533. The summed E-state index contributed by atoms with van der Waals surface area (Å²) in [5.74, 6) is 1.04. The van der Waals surface area contributed by atoms with Gasteiger partial charge in [0.2, 0.25) is 11.7 Å². The van der Waals surface area contributed by atoms with Crippen LogP contribution in [-0.4, -0.2) is 27.7 Å². The number of rotatable bonds is 7. The van der Waals surface area contributed by atoms with Crippen LogP contribution in [0.1, 0.15) is 33.1 Å². The van der Waals surface area contributed by atoms with Gasteiger partial charge in [-0.05, 0) is 31.0 Å². The molecule has 0 radical (unpaired) electrons. The molecule has 2 rings (SSSR count). The van der Waals surface area contributed by atoms with Crippen molar-refractivity contribution in [2.45, 2.75) is 39.7 Å². The molecule has 0 aliphatic carbocycles. The van der Waals surface area contributed by atoms with E-state index >= 15 is 0 Å². The van der Waals surface area contributed by atoms with E-state index in [1.807, 2.05) is 0 Å². The van der Waals surface area contributed by atoms with Crippen LogP contribution in [0.3, 0.4) is 0 Å². The van der Waals surface area contributed by atoms with Crippen molar-refractivity contribution in [2.75, 3.05) is 6.54 Å². The summed E-state index contributed by atoms with van der Waals surface area (Å²) < 4.78 is 18.1. The molecule has 0 aromatic carbocycles. The van der Waals surface area contributed by atoms with Crippen LogP contribution in [0.5, 0.6) is 0 Å². The van der Waals surface area contributed by atoms with Crippen LogP contribution in [0, 0.1) is 11.7 Å². The van der Waals surface area contributed by atoms with Crippen molar-refractivity contribution < 1.29 is 8.91 Å². The van der Waals surface area contributed by atoms with Crippen LogP contribution in [0.4, 0.5) is 4.39 Å². The predicted molar refractivity (Wildman–Crippen MR) is 78.1 cm³/mol. The smallest absolute Gasteiger partial charge is 0.228 e. The van der Waals surface area contributed by atoms with Gasteiger partial charge in [-0.25, -0.2) is 9.37 Å². The molecule has 0 spiro atoms. The number of pyridine rings is 1. The van der Waals surface area contributed by atoms with E-state index in [0.29, 0.717) is 35.8 Å². The Kier molecular flexibility index (Phi) is 5.38. The first-order valence-electron chi connectivity index (χ1n) is 7.28. The topological polar surface area (TPSA) is 63.8 Å². The minimum Gasteiger partial charge on any atom is -0.339 e. The highest BCUT2D eigenvalue weighted by Gasteiger charge is 2.18. The molecule has 0 saturated heterocycles. The maximum atomic E-state index is 12.9. The molecule has 0 saturated carbocycles. The van der Waals surface area contributed by atoms with Gasteiger partial charge in [0.1, 0.15) is 11.5 Å². The van der Waals surface area contributed by atoms with E-state index < -0.39 is 0 Å². The second kappa shape index (κ2) is 7.26. The minimum atomic E-state index is -0.383. The Hall–Kier alpha value is -1.82. The minimum absolute atomic E-state index is 0.291. The Balaban J connectivity index is 2.06. The third-order valence-corrected chi connectivity index (χ3v) is 3.28. The molecule has 0 aliphatic heterocycles. The fourth-order valence-electron chi connectivity index (χ4n) is 2.01. The van der Waals surface area contributed by atoms with Crippen molar-refractivity contribution in [3.8, 4) is 11.5 Å². The molecule has 1 unspecified atom stereocenters. The molecule has 1 N–H and O–H groups in total. The van der Waals surface area contributed by atoms with Crippen molar-refractivity contribution in [1.29, 1.82) is 0 Å². The third-order valence-electron chi connectivity index (χ3n) is 3.28. The summed E-state index contributed by atoms with van der Waals surface area (Å²) in [5, 5.41) is 7.39. The lowest BCUT2D eigenvalue weighted by Gasteiger charge is -2.20. The van der Waals surface area contributed by atoms with Gasteiger partial charge in [0.25, 0.3) is 0 Å². The molecule has 114 valence electrons. The molecular formula is C15H21FN4O. The summed E-state index contributed by atoms with van der Waals surface area (Å²) in [5.41, 5.74) is 0.508. The highest BCUT2D eigenvalue weighted by Crippen LogP contribution is 2.15. The van der Waals surface area contributed by atoms with Crippen LogP contribution >= 0.6 is 0 Å². The second-order valence-corrected chi connectivity index (χ2v) is 5.38. The third kappa shape index (κ3) is 4.32. The van der Waals surface area contributed by atoms with E-state index in [4.69, 9.17) is 4.52 Å². The summed E-state index contributed by atoms with van der Waals surface area (Å²) in [6.45, 7) is 7.41. The Bertz CT molecular complexity index is 553. The Morgan fingerprint density at radius 3 is 2.76 bits per heavy atom. The maximum Gasteiger partial charge on any atom is 0.228 e. The van der Waals surface area contributed by atoms with Crippen LogP contribution in [0.25, 0.3) is 11.5 Å². The van der Waals surface area contributed by atoms with Gasteiger partial charge in [0.15, 0.2) is 0 Å². The summed E-state index contributed by atoms with van der Waals surface area (Å²) >= 11 is 0. The molecule has 2 aromatic heterocycles. The average molecular weight is 292 g/mol. The van der Waals surface area contributed by atoms with Crippen molar-refractivity contribution in [3.63, 3.8) is 0 Å². The SMILES string of the molecule is CCCNC(Cc1nc(-c2ccc(F)cn2)no1)C(C)C. The van der Waals surface area contributed by atoms with Gasteiger partial charge < -0.3 is 9.84 Å². The molecule has 2 heterocycles. The summed E-state index contributed by atoms with van der Waals surface area (Å²) in [6.07, 6.45) is 2.90. The average Bonchev–Trinajstić information content (AvgIpc) is 2.92. The lowest BCUT2D eigenvalue weighted by Crippen LogP contribution is -2.36. The van der Waals surface area contributed by atoms with Gasteiger partial charge in [0.05, 0.1) is 6.20 Å². The second-order valence-electron chi connectivity index (χ2n) is 5.38. The first-order chi connectivity index (χ1) is 10.1. The lowest BCUT2D eigenvalue weighted by molar-refractivity contribution is 0.326. The van der Waals surface area contributed by atoms with Gasteiger partial charge in [-0.2, -0.15) is 4.98 Å². The standard InChI is InChI=1S/C15H21FN4O/c1-4-7-17-13(10(2)3)8-14-19-15(20-21-14)12-6-5-11(16)9-18-12/h5-6,9-10,13,17H,4,7-8H2,1-3H3. The molecule has 5 nitrogen and oxygen atoms in total. The normalized spacial score (nSPS) is 12.8. The Morgan fingerprint density at radius 2 is 2.14 bits per heavy atom. The zero-order chi connectivity index (χ0) is 15.2. The van der Waals surface area contributed by atoms with Gasteiger partial charge >= 0.3 is 0 Å². The van der Waals surface area contributed by atoms with E-state index in [0.717, 1.165) is 19.2 Å². The number of hydrogen-bond acceptors (Lipinski definition) is 5. The number of nitrogens with zero attached hydrogens (tertiary/aromatic N) is 3. The van der Waals surface area contributed by atoms with E-state index in [2.05, 4.69) is 41.2 Å². The van der Waals surface area contributed by atoms with Crippen LogP contribution in [0.15, 0.2) is 22.9 Å². The molecule has 2 aromatic rings. The monoisotopic (exact) mass is 292 g/mol. The van der Waals surface area contributed by atoms with Crippen LogP contribution < -0.4 is 5.32 Å². The molecular weight excluding hydrogens is 271 g/mol. The molecule has 6 heteroatoms. The van der Waals surface area contributed by atoms with Crippen LogP contribution in [-0.2, 0) is 6.42 Å². The zero-order valence-electron chi connectivity index (χ0n) is 12.6. The van der Waals surface area contributed by atoms with E-state index in [1.54, 1.807) is 6.07 Å². The summed E-state index contributed by atoms with van der Waals surface area (Å²) in [6, 6.07) is 3.16. The Labute approximate surface area is 124 Å². The van der Waals surface area contributed by atoms with E-state index in [9.17, 15) is 4.39 Å². The highest BCUT2D eigenvalue weighted by molar-refractivity contribution is 5.47. The number of nitrogens with one attached hydrogen (secondary N) is 1. The van der Waals surface area contributed by atoms with Crippen molar-refractivity contribution in [2.24, 2.45) is 5.92 Å². The van der Waals surface area contributed by atoms with Gasteiger partial charge in [-0.3, -0.25) is 0 Å². The number of hydrogen-bond donors (Lipinski definition) is 1. The number of aromatic nitrogens is 3. The molecule has 0 aliphatic rings.